The Balaban J connectivity index is 1.79. The molecule has 1 N–H and O–H groups in total. The van der Waals surface area contributed by atoms with Crippen molar-refractivity contribution in [2.75, 3.05) is 6.54 Å². The average Bonchev–Trinajstić information content (AvgIpc) is 2.93. The highest BCUT2D eigenvalue weighted by Gasteiger charge is 2.57. The molecule has 2 aliphatic rings. The van der Waals surface area contributed by atoms with Crippen molar-refractivity contribution in [1.29, 1.82) is 0 Å². The highest BCUT2D eigenvalue weighted by Crippen LogP contribution is 2.41. The summed E-state index contributed by atoms with van der Waals surface area (Å²) in [5, 5.41) is 3.42. The van der Waals surface area contributed by atoms with Crippen LogP contribution >= 0.6 is 0 Å². The molecule has 1 unspecified atom stereocenters. The van der Waals surface area contributed by atoms with Crippen molar-refractivity contribution in [1.82, 2.24) is 10.2 Å². The maximum Gasteiger partial charge on any atom is 0.244 e. The summed E-state index contributed by atoms with van der Waals surface area (Å²) in [6.45, 7) is 5.25. The Morgan fingerprint density at radius 3 is 2.67 bits per heavy atom. The Bertz CT molecular complexity index is 248. The molecule has 1 aliphatic heterocycles. The molecule has 2 fully saturated rings. The standard InChI is InChI=1S/C12H22N2O/c1-3-4-5-6-9-14-10(2)13-12(7-8-12)11(14)15/h10,13H,3-9H2,1-2H3. The van der Waals surface area contributed by atoms with Crippen LogP contribution in [0.4, 0.5) is 0 Å². The maximum atomic E-state index is 12.0. The summed E-state index contributed by atoms with van der Waals surface area (Å²) < 4.78 is 0. The molecule has 3 nitrogen and oxygen atoms in total. The molecule has 1 saturated carbocycles. The summed E-state index contributed by atoms with van der Waals surface area (Å²) in [7, 11) is 0. The van der Waals surface area contributed by atoms with Gasteiger partial charge in [0.25, 0.3) is 0 Å². The Labute approximate surface area is 92.2 Å². The summed E-state index contributed by atoms with van der Waals surface area (Å²) in [5.41, 5.74) is -0.121. The highest BCUT2D eigenvalue weighted by atomic mass is 16.2. The van der Waals surface area contributed by atoms with Gasteiger partial charge in [-0.1, -0.05) is 26.2 Å². The highest BCUT2D eigenvalue weighted by molar-refractivity contribution is 5.91. The molecule has 1 spiro atoms. The molecule has 0 bridgehead atoms. The molecular formula is C12H22N2O. The Hall–Kier alpha value is -0.570. The van der Waals surface area contributed by atoms with Gasteiger partial charge in [-0.05, 0) is 26.2 Å². The van der Waals surface area contributed by atoms with Crippen molar-refractivity contribution < 1.29 is 4.79 Å². The lowest BCUT2D eigenvalue weighted by Crippen LogP contribution is -2.35. The fourth-order valence-corrected chi connectivity index (χ4v) is 2.48. The van der Waals surface area contributed by atoms with Gasteiger partial charge >= 0.3 is 0 Å². The third-order valence-electron chi connectivity index (χ3n) is 3.63. The zero-order valence-corrected chi connectivity index (χ0v) is 9.88. The van der Waals surface area contributed by atoms with E-state index in [1.807, 2.05) is 4.90 Å². The predicted octanol–water partition coefficient (Wildman–Crippen LogP) is 1.88. The van der Waals surface area contributed by atoms with Crippen molar-refractivity contribution in [3.63, 3.8) is 0 Å². The Morgan fingerprint density at radius 1 is 1.40 bits per heavy atom. The van der Waals surface area contributed by atoms with Crippen molar-refractivity contribution in [2.24, 2.45) is 0 Å². The molecule has 1 aliphatic carbocycles. The minimum atomic E-state index is -0.121. The molecule has 1 amide bonds. The van der Waals surface area contributed by atoms with Crippen LogP contribution in [0.25, 0.3) is 0 Å². The summed E-state index contributed by atoms with van der Waals surface area (Å²) in [6.07, 6.45) is 7.28. The molecular weight excluding hydrogens is 188 g/mol. The van der Waals surface area contributed by atoms with E-state index in [9.17, 15) is 4.79 Å². The largest absolute Gasteiger partial charge is 0.326 e. The molecule has 1 saturated heterocycles. The van der Waals surface area contributed by atoms with Crippen molar-refractivity contribution in [3.05, 3.63) is 0 Å². The van der Waals surface area contributed by atoms with E-state index in [1.54, 1.807) is 0 Å². The molecule has 2 rings (SSSR count). The van der Waals surface area contributed by atoms with Gasteiger partial charge in [-0.15, -0.1) is 0 Å². The van der Waals surface area contributed by atoms with Crippen LogP contribution in [0.2, 0.25) is 0 Å². The first kappa shape index (κ1) is 10.9. The van der Waals surface area contributed by atoms with Crippen LogP contribution in [0.3, 0.4) is 0 Å². The van der Waals surface area contributed by atoms with E-state index >= 15 is 0 Å². The van der Waals surface area contributed by atoms with Crippen LogP contribution in [0, 0.1) is 0 Å². The fraction of sp³-hybridized carbons (Fsp3) is 0.917. The number of amides is 1. The number of unbranched alkanes of at least 4 members (excludes halogenated alkanes) is 3. The quantitative estimate of drug-likeness (QED) is 0.703. The predicted molar refractivity (Wildman–Crippen MR) is 60.4 cm³/mol. The first-order valence-corrected chi connectivity index (χ1v) is 6.28. The molecule has 86 valence electrons. The topological polar surface area (TPSA) is 32.3 Å². The van der Waals surface area contributed by atoms with Crippen molar-refractivity contribution in [3.8, 4) is 0 Å². The van der Waals surface area contributed by atoms with Gasteiger partial charge in [-0.2, -0.15) is 0 Å². The lowest BCUT2D eigenvalue weighted by Gasteiger charge is -2.20. The lowest BCUT2D eigenvalue weighted by atomic mass is 10.2. The normalized spacial score (nSPS) is 27.7. The van der Waals surface area contributed by atoms with E-state index in [0.29, 0.717) is 5.91 Å². The Morgan fingerprint density at radius 2 is 2.13 bits per heavy atom. The van der Waals surface area contributed by atoms with Crippen molar-refractivity contribution in [2.45, 2.75) is 64.1 Å². The molecule has 3 heteroatoms. The van der Waals surface area contributed by atoms with E-state index in [0.717, 1.165) is 25.8 Å². The number of rotatable bonds is 5. The van der Waals surface area contributed by atoms with Crippen molar-refractivity contribution >= 4 is 5.91 Å². The molecule has 0 radical (unpaired) electrons. The van der Waals surface area contributed by atoms with Crippen LogP contribution in [-0.2, 0) is 4.79 Å². The zero-order chi connectivity index (χ0) is 10.9. The molecule has 0 aromatic rings. The first-order chi connectivity index (χ1) is 7.19. The van der Waals surface area contributed by atoms with Crippen LogP contribution in [0.5, 0.6) is 0 Å². The molecule has 1 heterocycles. The summed E-state index contributed by atoms with van der Waals surface area (Å²) in [5.74, 6) is 0.353. The molecule has 1 atom stereocenters. The zero-order valence-electron chi connectivity index (χ0n) is 9.88. The van der Waals surface area contributed by atoms with Gasteiger partial charge < -0.3 is 4.90 Å². The van der Waals surface area contributed by atoms with Gasteiger partial charge in [0, 0.05) is 6.54 Å². The number of nitrogens with one attached hydrogen (secondary N) is 1. The number of hydrogen-bond donors (Lipinski definition) is 1. The summed E-state index contributed by atoms with van der Waals surface area (Å²) in [6, 6.07) is 0. The third kappa shape index (κ3) is 2.03. The Kier molecular flexibility index (Phi) is 3.01. The number of nitrogens with zero attached hydrogens (tertiary/aromatic N) is 1. The minimum absolute atomic E-state index is 0.121. The monoisotopic (exact) mass is 210 g/mol. The van der Waals surface area contributed by atoms with E-state index in [1.165, 1.54) is 19.3 Å². The van der Waals surface area contributed by atoms with Gasteiger partial charge in [-0.3, -0.25) is 10.1 Å². The fourth-order valence-electron chi connectivity index (χ4n) is 2.48. The van der Waals surface area contributed by atoms with Gasteiger partial charge in [0.1, 0.15) is 0 Å². The smallest absolute Gasteiger partial charge is 0.244 e. The summed E-state index contributed by atoms with van der Waals surface area (Å²) in [4.78, 5) is 14.1. The second-order valence-electron chi connectivity index (χ2n) is 4.96. The van der Waals surface area contributed by atoms with Crippen LogP contribution in [0.1, 0.15) is 52.4 Å². The van der Waals surface area contributed by atoms with Gasteiger partial charge in [-0.25, -0.2) is 0 Å². The van der Waals surface area contributed by atoms with Crippen LogP contribution in [-0.4, -0.2) is 29.1 Å². The number of carbonyl (C=O) groups is 1. The molecule has 0 aromatic carbocycles. The minimum Gasteiger partial charge on any atom is -0.326 e. The second kappa shape index (κ2) is 4.12. The van der Waals surface area contributed by atoms with Gasteiger partial charge in [0.2, 0.25) is 5.91 Å². The van der Waals surface area contributed by atoms with Crippen LogP contribution < -0.4 is 5.32 Å². The van der Waals surface area contributed by atoms with Gasteiger partial charge in [0.15, 0.2) is 0 Å². The summed E-state index contributed by atoms with van der Waals surface area (Å²) >= 11 is 0. The maximum absolute atomic E-state index is 12.0. The second-order valence-corrected chi connectivity index (χ2v) is 4.96. The van der Waals surface area contributed by atoms with E-state index in [4.69, 9.17) is 0 Å². The van der Waals surface area contributed by atoms with E-state index < -0.39 is 0 Å². The van der Waals surface area contributed by atoms with Gasteiger partial charge in [0.05, 0.1) is 11.7 Å². The average molecular weight is 210 g/mol. The lowest BCUT2D eigenvalue weighted by molar-refractivity contribution is -0.130. The molecule has 15 heavy (non-hydrogen) atoms. The number of hydrogen-bond acceptors (Lipinski definition) is 2. The molecule has 0 aromatic heterocycles. The van der Waals surface area contributed by atoms with E-state index in [-0.39, 0.29) is 11.7 Å². The third-order valence-corrected chi connectivity index (χ3v) is 3.63. The van der Waals surface area contributed by atoms with Crippen LogP contribution in [0.15, 0.2) is 0 Å². The SMILES string of the molecule is CCCCCCN1C(=O)C2(CC2)NC1C. The number of carbonyl (C=O) groups excluding carboxylic acids is 1. The van der Waals surface area contributed by atoms with E-state index in [2.05, 4.69) is 19.2 Å². The first-order valence-electron chi connectivity index (χ1n) is 6.28.